The molecule has 1 fully saturated rings. The smallest absolute Gasteiger partial charge is 0.0847 e. The van der Waals surface area contributed by atoms with Gasteiger partial charge in [-0.05, 0) is 30.9 Å². The molecule has 2 aliphatic heterocycles. The molecule has 2 heteroatoms. The molecule has 0 amide bonds. The van der Waals surface area contributed by atoms with Crippen LogP contribution in [-0.2, 0) is 16.6 Å². The molecule has 16 heavy (non-hydrogen) atoms. The zero-order valence-electron chi connectivity index (χ0n) is 10.3. The van der Waals surface area contributed by atoms with E-state index in [4.69, 9.17) is 4.74 Å². The van der Waals surface area contributed by atoms with Crippen LogP contribution in [0.2, 0.25) is 0 Å². The molecule has 2 nitrogen and oxygen atoms in total. The van der Waals surface area contributed by atoms with Crippen molar-refractivity contribution in [2.24, 2.45) is 0 Å². The van der Waals surface area contributed by atoms with Gasteiger partial charge in [-0.3, -0.25) is 4.98 Å². The normalized spacial score (nSPS) is 27.9. The minimum absolute atomic E-state index is 0.145. The van der Waals surface area contributed by atoms with Crippen molar-refractivity contribution in [1.29, 1.82) is 0 Å². The maximum Gasteiger partial charge on any atom is 0.0847 e. The monoisotopic (exact) mass is 217 g/mol. The van der Waals surface area contributed by atoms with E-state index in [0.717, 1.165) is 6.42 Å². The highest BCUT2D eigenvalue weighted by atomic mass is 16.5. The summed E-state index contributed by atoms with van der Waals surface area (Å²) in [6.45, 7) is 6.65. The molecule has 86 valence electrons. The van der Waals surface area contributed by atoms with Gasteiger partial charge in [0.05, 0.1) is 12.2 Å². The van der Waals surface area contributed by atoms with Gasteiger partial charge in [-0.2, -0.15) is 0 Å². The molecular formula is C14H19NO. The van der Waals surface area contributed by atoms with Crippen molar-refractivity contribution in [3.8, 4) is 0 Å². The Morgan fingerprint density at radius 2 is 2.12 bits per heavy atom. The van der Waals surface area contributed by atoms with Crippen LogP contribution in [0.25, 0.3) is 0 Å². The third kappa shape index (κ3) is 1.56. The van der Waals surface area contributed by atoms with Crippen molar-refractivity contribution in [3.05, 3.63) is 29.1 Å². The third-order valence-corrected chi connectivity index (χ3v) is 3.69. The van der Waals surface area contributed by atoms with Crippen LogP contribution in [0.4, 0.5) is 0 Å². The fourth-order valence-electron chi connectivity index (χ4n) is 2.71. The van der Waals surface area contributed by atoms with Gasteiger partial charge in [0.25, 0.3) is 0 Å². The Balaban J connectivity index is 2.04. The summed E-state index contributed by atoms with van der Waals surface area (Å²) in [5.74, 6) is 0. The van der Waals surface area contributed by atoms with Crippen LogP contribution in [0.1, 0.15) is 56.5 Å². The molecule has 1 aromatic heterocycles. The molecule has 3 heterocycles. The maximum atomic E-state index is 5.91. The molecule has 1 saturated heterocycles. The first-order chi connectivity index (χ1) is 7.54. The minimum atomic E-state index is 0.145. The second-order valence-electron chi connectivity index (χ2n) is 6.05. The van der Waals surface area contributed by atoms with Crippen molar-refractivity contribution in [2.45, 2.75) is 57.7 Å². The van der Waals surface area contributed by atoms with E-state index in [1.165, 1.54) is 29.7 Å². The summed E-state index contributed by atoms with van der Waals surface area (Å²) in [6, 6.07) is 2.29. The molecule has 2 aliphatic rings. The number of nitrogens with zero attached hydrogens (tertiary/aromatic N) is 1. The van der Waals surface area contributed by atoms with Gasteiger partial charge in [-0.15, -0.1) is 0 Å². The quantitative estimate of drug-likeness (QED) is 0.666. The molecule has 0 spiro atoms. The van der Waals surface area contributed by atoms with Crippen LogP contribution in [0.5, 0.6) is 0 Å². The molecule has 3 rings (SSSR count). The Hall–Kier alpha value is -0.890. The van der Waals surface area contributed by atoms with Gasteiger partial charge in [0.1, 0.15) is 0 Å². The summed E-state index contributed by atoms with van der Waals surface area (Å²) in [5.41, 5.74) is 4.15. The first-order valence-electron chi connectivity index (χ1n) is 6.19. The molecule has 2 bridgehead atoms. The SMILES string of the molecule is CC(C)(C)c1cc2c(cn1)C1CCC(C2)O1. The lowest BCUT2D eigenvalue weighted by molar-refractivity contribution is 0.0320. The van der Waals surface area contributed by atoms with Crippen LogP contribution in [0.15, 0.2) is 12.3 Å². The lowest BCUT2D eigenvalue weighted by atomic mass is 9.88. The van der Waals surface area contributed by atoms with Crippen LogP contribution >= 0.6 is 0 Å². The molecule has 0 saturated carbocycles. The summed E-state index contributed by atoms with van der Waals surface area (Å²) < 4.78 is 5.91. The molecule has 1 aromatic rings. The van der Waals surface area contributed by atoms with Crippen LogP contribution < -0.4 is 0 Å². The number of hydrogen-bond acceptors (Lipinski definition) is 2. The maximum absolute atomic E-state index is 5.91. The zero-order valence-corrected chi connectivity index (χ0v) is 10.3. The Morgan fingerprint density at radius 3 is 2.88 bits per heavy atom. The fraction of sp³-hybridized carbons (Fsp3) is 0.643. The van der Waals surface area contributed by atoms with Gasteiger partial charge in [0, 0.05) is 22.9 Å². The van der Waals surface area contributed by atoms with E-state index in [-0.39, 0.29) is 5.41 Å². The van der Waals surface area contributed by atoms with Crippen molar-refractivity contribution in [3.63, 3.8) is 0 Å². The van der Waals surface area contributed by atoms with Crippen molar-refractivity contribution < 1.29 is 4.74 Å². The molecule has 2 unspecified atom stereocenters. The molecular weight excluding hydrogens is 198 g/mol. The molecule has 0 radical (unpaired) electrons. The van der Waals surface area contributed by atoms with E-state index >= 15 is 0 Å². The van der Waals surface area contributed by atoms with Gasteiger partial charge in [-0.1, -0.05) is 20.8 Å². The zero-order chi connectivity index (χ0) is 11.3. The lowest BCUT2D eigenvalue weighted by Crippen LogP contribution is -2.21. The predicted octanol–water partition coefficient (Wildman–Crippen LogP) is 3.16. The van der Waals surface area contributed by atoms with Gasteiger partial charge < -0.3 is 4.74 Å². The second-order valence-corrected chi connectivity index (χ2v) is 6.05. The summed E-state index contributed by atoms with van der Waals surface area (Å²) in [6.07, 6.45) is 6.31. The largest absolute Gasteiger partial charge is 0.370 e. The highest BCUT2D eigenvalue weighted by Gasteiger charge is 2.34. The number of aromatic nitrogens is 1. The van der Waals surface area contributed by atoms with E-state index in [0.29, 0.717) is 12.2 Å². The highest BCUT2D eigenvalue weighted by molar-refractivity contribution is 5.34. The van der Waals surface area contributed by atoms with Crippen molar-refractivity contribution >= 4 is 0 Å². The minimum Gasteiger partial charge on any atom is -0.370 e. The van der Waals surface area contributed by atoms with E-state index in [1.54, 1.807) is 0 Å². The predicted molar refractivity (Wildman–Crippen MR) is 63.5 cm³/mol. The van der Waals surface area contributed by atoms with E-state index in [2.05, 4.69) is 31.8 Å². The lowest BCUT2D eigenvalue weighted by Gasteiger charge is -2.26. The third-order valence-electron chi connectivity index (χ3n) is 3.69. The Kier molecular flexibility index (Phi) is 2.12. The first-order valence-corrected chi connectivity index (χ1v) is 6.19. The average Bonchev–Trinajstić information content (AvgIpc) is 2.59. The van der Waals surface area contributed by atoms with E-state index < -0.39 is 0 Å². The van der Waals surface area contributed by atoms with Gasteiger partial charge in [0.2, 0.25) is 0 Å². The van der Waals surface area contributed by atoms with Crippen molar-refractivity contribution in [2.75, 3.05) is 0 Å². The summed E-state index contributed by atoms with van der Waals surface area (Å²) in [4.78, 5) is 4.60. The average molecular weight is 217 g/mol. The Bertz CT molecular complexity index is 419. The van der Waals surface area contributed by atoms with Gasteiger partial charge in [0.15, 0.2) is 0 Å². The number of hydrogen-bond donors (Lipinski definition) is 0. The van der Waals surface area contributed by atoms with Crippen LogP contribution in [0.3, 0.4) is 0 Å². The standard InChI is InChI=1S/C14H19NO/c1-14(2,3)13-7-9-6-10-4-5-12(16-10)11(9)8-15-13/h7-8,10,12H,4-6H2,1-3H3. The Morgan fingerprint density at radius 1 is 1.31 bits per heavy atom. The molecule has 0 aliphatic carbocycles. The summed E-state index contributed by atoms with van der Waals surface area (Å²) in [5, 5.41) is 0. The fourth-order valence-corrected chi connectivity index (χ4v) is 2.71. The topological polar surface area (TPSA) is 22.1 Å². The van der Waals surface area contributed by atoms with Crippen molar-refractivity contribution in [1.82, 2.24) is 4.98 Å². The van der Waals surface area contributed by atoms with Gasteiger partial charge in [-0.25, -0.2) is 0 Å². The highest BCUT2D eigenvalue weighted by Crippen LogP contribution is 2.41. The molecule has 2 atom stereocenters. The van der Waals surface area contributed by atoms with Crippen LogP contribution in [-0.4, -0.2) is 11.1 Å². The first kappa shape index (κ1) is 10.3. The summed E-state index contributed by atoms with van der Waals surface area (Å²) in [7, 11) is 0. The van der Waals surface area contributed by atoms with E-state index in [9.17, 15) is 0 Å². The van der Waals surface area contributed by atoms with Gasteiger partial charge >= 0.3 is 0 Å². The molecule has 0 N–H and O–H groups in total. The summed E-state index contributed by atoms with van der Waals surface area (Å²) >= 11 is 0. The molecule has 0 aromatic carbocycles. The number of fused-ring (bicyclic) bond motifs is 4. The number of ether oxygens (including phenoxy) is 1. The second kappa shape index (κ2) is 3.30. The van der Waals surface area contributed by atoms with Crippen LogP contribution in [0, 0.1) is 0 Å². The van der Waals surface area contributed by atoms with E-state index in [1.807, 2.05) is 6.20 Å². The number of rotatable bonds is 0. The Labute approximate surface area is 97.0 Å². The number of pyridine rings is 1.